The van der Waals surface area contributed by atoms with Crippen molar-refractivity contribution >= 4 is 65.3 Å². The van der Waals surface area contributed by atoms with Crippen LogP contribution in [-0.2, 0) is 0 Å². The second-order valence-electron chi connectivity index (χ2n) is 10.9. The van der Waals surface area contributed by atoms with Gasteiger partial charge in [0, 0.05) is 38.4 Å². The average Bonchev–Trinajstić information content (AvgIpc) is 3.82. The van der Waals surface area contributed by atoms with Crippen LogP contribution in [-0.4, -0.2) is 4.57 Å². The zero-order chi connectivity index (χ0) is 43.2. The van der Waals surface area contributed by atoms with Gasteiger partial charge in [-0.25, -0.2) is 0 Å². The summed E-state index contributed by atoms with van der Waals surface area (Å²) < 4.78 is 142. The quantitative estimate of drug-likeness (QED) is 0.197. The molecule has 2 nitrogen and oxygen atoms in total. The van der Waals surface area contributed by atoms with Crippen LogP contribution in [0.2, 0.25) is 0 Å². The van der Waals surface area contributed by atoms with Crippen LogP contribution in [0.15, 0.2) is 168 Å². The normalized spacial score (nSPS) is 16.5. The highest BCUT2D eigenvalue weighted by Crippen LogP contribution is 2.48. The molecule has 0 aliphatic carbocycles. The minimum Gasteiger partial charge on any atom is -0.455 e. The predicted octanol–water partition coefficient (Wildman–Crippen LogP) is 12.3. The van der Waals surface area contributed by atoms with Crippen LogP contribution >= 0.6 is 0 Å². The van der Waals surface area contributed by atoms with Crippen molar-refractivity contribution in [3.8, 4) is 27.9 Å². The molecule has 0 saturated carbocycles. The standard InChI is InChI=1S/C44H27NO/c1-2-14-32(15-3-1)45-38-20-10-8-16-33(38)37-27-31(24-25-39(37)45)41-34-17-6-7-18-35(34)42(30-23-22-28-12-4-5-13-29(28)26-30)44-43(41)36-19-9-11-21-40(36)46-44/h1-27H/i4D,5D,6D,7D,9D,11D,12D,13D,17D,18D,19D,21D,22D,23D,26D. The van der Waals surface area contributed by atoms with Gasteiger partial charge < -0.3 is 8.98 Å². The van der Waals surface area contributed by atoms with E-state index in [1.807, 2.05) is 66.7 Å². The molecule has 0 amide bonds. The molecule has 46 heavy (non-hydrogen) atoms. The molecule has 0 fully saturated rings. The molecule has 0 unspecified atom stereocenters. The molecule has 0 bridgehead atoms. The van der Waals surface area contributed by atoms with Gasteiger partial charge in [0.2, 0.25) is 0 Å². The third-order valence-electron chi connectivity index (χ3n) is 8.47. The lowest BCUT2D eigenvalue weighted by atomic mass is 9.87. The maximum absolute atomic E-state index is 9.51. The van der Waals surface area contributed by atoms with E-state index in [4.69, 9.17) is 18.1 Å². The van der Waals surface area contributed by atoms with E-state index in [2.05, 4.69) is 4.57 Å². The summed E-state index contributed by atoms with van der Waals surface area (Å²) in [6, 6.07) is 13.4. The fraction of sp³-hybridized carbons (Fsp3) is 0. The van der Waals surface area contributed by atoms with Crippen LogP contribution in [0.3, 0.4) is 0 Å². The fourth-order valence-electron chi connectivity index (χ4n) is 6.58. The number of aromatic nitrogens is 1. The van der Waals surface area contributed by atoms with Crippen molar-refractivity contribution in [1.82, 2.24) is 4.57 Å². The van der Waals surface area contributed by atoms with E-state index in [0.29, 0.717) is 5.56 Å². The molecule has 8 aromatic carbocycles. The number of para-hydroxylation sites is 3. The number of hydrogen-bond acceptors (Lipinski definition) is 1. The number of hydrogen-bond donors (Lipinski definition) is 0. The van der Waals surface area contributed by atoms with E-state index < -0.39 is 107 Å². The maximum atomic E-state index is 9.51. The first-order valence-corrected chi connectivity index (χ1v) is 14.6. The first kappa shape index (κ1) is 14.8. The number of benzene rings is 8. The molecule has 2 heteroatoms. The second kappa shape index (κ2) is 9.69. The molecule has 2 aromatic heterocycles. The van der Waals surface area contributed by atoms with Crippen molar-refractivity contribution in [2.75, 3.05) is 0 Å². The van der Waals surface area contributed by atoms with Gasteiger partial charge in [0.1, 0.15) is 11.2 Å². The summed E-state index contributed by atoms with van der Waals surface area (Å²) in [5, 5.41) is 0.271. The van der Waals surface area contributed by atoms with Gasteiger partial charge in [-0.3, -0.25) is 0 Å². The summed E-state index contributed by atoms with van der Waals surface area (Å²) >= 11 is 0. The van der Waals surface area contributed by atoms with E-state index in [9.17, 15) is 6.85 Å². The molecule has 214 valence electrons. The first-order valence-electron chi connectivity index (χ1n) is 22.1. The lowest BCUT2D eigenvalue weighted by Crippen LogP contribution is -1.93. The maximum Gasteiger partial charge on any atom is 0.144 e. The molecular formula is C44H27NO. The van der Waals surface area contributed by atoms with E-state index >= 15 is 0 Å². The lowest BCUT2D eigenvalue weighted by Gasteiger charge is -2.15. The second-order valence-corrected chi connectivity index (χ2v) is 10.9. The van der Waals surface area contributed by atoms with Gasteiger partial charge in [-0.1, -0.05) is 121 Å². The van der Waals surface area contributed by atoms with Crippen molar-refractivity contribution in [3.63, 3.8) is 0 Å². The molecule has 10 aromatic rings. The predicted molar refractivity (Wildman–Crippen MR) is 194 cm³/mol. The van der Waals surface area contributed by atoms with Crippen molar-refractivity contribution in [1.29, 1.82) is 0 Å². The number of fused-ring (bicyclic) bond motifs is 8. The monoisotopic (exact) mass is 600 g/mol. The molecule has 0 radical (unpaired) electrons. The largest absolute Gasteiger partial charge is 0.455 e. The molecule has 0 N–H and O–H groups in total. The Bertz CT molecular complexity index is 3650. The fourth-order valence-corrected chi connectivity index (χ4v) is 6.58. The molecular weight excluding hydrogens is 558 g/mol. The van der Waals surface area contributed by atoms with Gasteiger partial charge in [-0.05, 0) is 75.1 Å². The molecule has 0 aliphatic heterocycles. The Balaban J connectivity index is 1.49. The van der Waals surface area contributed by atoms with Gasteiger partial charge in [0.25, 0.3) is 0 Å². The van der Waals surface area contributed by atoms with Gasteiger partial charge in [0.15, 0.2) is 0 Å². The van der Waals surface area contributed by atoms with Crippen LogP contribution in [0.1, 0.15) is 20.6 Å². The Hall–Kier alpha value is -6.12. The summed E-state index contributed by atoms with van der Waals surface area (Å²) in [6.07, 6.45) is 0. The topological polar surface area (TPSA) is 18.1 Å². The highest BCUT2D eigenvalue weighted by atomic mass is 16.3. The lowest BCUT2D eigenvalue weighted by molar-refractivity contribution is 0.670. The number of rotatable bonds is 3. The van der Waals surface area contributed by atoms with Crippen molar-refractivity contribution in [3.05, 3.63) is 163 Å². The van der Waals surface area contributed by atoms with E-state index in [-0.39, 0.29) is 43.8 Å². The van der Waals surface area contributed by atoms with Crippen LogP contribution < -0.4 is 0 Å². The third kappa shape index (κ3) is 3.59. The third-order valence-corrected chi connectivity index (χ3v) is 8.47. The van der Waals surface area contributed by atoms with Crippen molar-refractivity contribution in [2.45, 2.75) is 0 Å². The Morgan fingerprint density at radius 3 is 2.07 bits per heavy atom. The Labute approximate surface area is 286 Å². The van der Waals surface area contributed by atoms with Gasteiger partial charge in [-0.2, -0.15) is 0 Å². The van der Waals surface area contributed by atoms with Crippen molar-refractivity contribution < 1.29 is 25.0 Å². The van der Waals surface area contributed by atoms with E-state index in [1.165, 1.54) is 0 Å². The van der Waals surface area contributed by atoms with E-state index in [1.54, 1.807) is 6.07 Å². The average molecular weight is 601 g/mol. The zero-order valence-electron chi connectivity index (χ0n) is 38.8. The smallest absolute Gasteiger partial charge is 0.144 e. The van der Waals surface area contributed by atoms with Crippen LogP contribution in [0, 0.1) is 0 Å². The van der Waals surface area contributed by atoms with E-state index in [0.717, 1.165) is 27.5 Å². The Morgan fingerprint density at radius 1 is 0.500 bits per heavy atom. The summed E-state index contributed by atoms with van der Waals surface area (Å²) in [5.74, 6) is 0. The molecule has 0 aliphatic rings. The zero-order valence-corrected chi connectivity index (χ0v) is 23.8. The molecule has 2 heterocycles. The van der Waals surface area contributed by atoms with Crippen LogP contribution in [0.5, 0.6) is 0 Å². The molecule has 0 atom stereocenters. The highest BCUT2D eigenvalue weighted by molar-refractivity contribution is 6.27. The summed E-state index contributed by atoms with van der Waals surface area (Å²) in [7, 11) is 0. The minimum atomic E-state index is -0.708. The highest BCUT2D eigenvalue weighted by Gasteiger charge is 2.23. The molecule has 0 saturated heterocycles. The number of nitrogens with zero attached hydrogens (tertiary/aromatic N) is 1. The Morgan fingerprint density at radius 2 is 1.20 bits per heavy atom. The van der Waals surface area contributed by atoms with Gasteiger partial charge in [-0.15, -0.1) is 0 Å². The minimum absolute atomic E-state index is 0.0129. The Kier molecular flexibility index (Phi) is 3.11. The molecule has 0 spiro atoms. The van der Waals surface area contributed by atoms with Gasteiger partial charge >= 0.3 is 0 Å². The number of furan rings is 1. The summed E-state index contributed by atoms with van der Waals surface area (Å²) in [6.45, 7) is 0. The van der Waals surface area contributed by atoms with Gasteiger partial charge in [0.05, 0.1) is 31.6 Å². The molecule has 10 rings (SSSR count). The van der Waals surface area contributed by atoms with Crippen molar-refractivity contribution in [2.24, 2.45) is 0 Å². The SMILES string of the molecule is [2H]c1c([2H])c([2H])c2c(oc3c(-c4c([2H])c([2H])c5c([2H])c([2H])c([2H])c([2H])c5c4[2H])c4c([2H])c([2H])c([2H])c([2H])c4c(-c4ccc5c(c4)c4ccccc4n5-c4ccccc4)c32)c1[2H]. The van der Waals surface area contributed by atoms with Crippen LogP contribution in [0.4, 0.5) is 0 Å². The van der Waals surface area contributed by atoms with Crippen LogP contribution in [0.25, 0.3) is 93.2 Å². The summed E-state index contributed by atoms with van der Waals surface area (Å²) in [5.41, 5.74) is 1.70. The first-order chi connectivity index (χ1) is 29.1. The summed E-state index contributed by atoms with van der Waals surface area (Å²) in [4.78, 5) is 0.